The maximum absolute atomic E-state index is 12.0. The first-order valence-corrected chi connectivity index (χ1v) is 9.16. The van der Waals surface area contributed by atoms with Gasteiger partial charge in [0.25, 0.3) is 0 Å². The van der Waals surface area contributed by atoms with E-state index in [1.165, 1.54) is 0 Å². The Bertz CT molecular complexity index is 712. The van der Waals surface area contributed by atoms with Crippen LogP contribution in [0.5, 0.6) is 5.75 Å². The number of aryl methyl sites for hydroxylation is 1. The lowest BCUT2D eigenvalue weighted by molar-refractivity contribution is -0.122. The van der Waals surface area contributed by atoms with Gasteiger partial charge in [0, 0.05) is 30.5 Å². The van der Waals surface area contributed by atoms with Gasteiger partial charge in [-0.25, -0.2) is 0 Å². The quantitative estimate of drug-likeness (QED) is 0.748. The predicted octanol–water partition coefficient (Wildman–Crippen LogP) is 2.88. The Morgan fingerprint density at radius 1 is 1.26 bits per heavy atom. The van der Waals surface area contributed by atoms with Gasteiger partial charge in [-0.3, -0.25) is 4.79 Å². The third-order valence-corrected chi connectivity index (χ3v) is 4.75. The van der Waals surface area contributed by atoms with Crippen LogP contribution in [-0.4, -0.2) is 35.2 Å². The van der Waals surface area contributed by atoms with Crippen LogP contribution in [0.3, 0.4) is 0 Å². The fourth-order valence-electron chi connectivity index (χ4n) is 3.18. The van der Waals surface area contributed by atoms with E-state index in [9.17, 15) is 4.79 Å². The first-order chi connectivity index (χ1) is 12.6. The number of ether oxygens (including phenoxy) is 1. The summed E-state index contributed by atoms with van der Waals surface area (Å²) in [5.41, 5.74) is 6.76. The van der Waals surface area contributed by atoms with Gasteiger partial charge in [-0.1, -0.05) is 5.16 Å². The van der Waals surface area contributed by atoms with E-state index in [0.29, 0.717) is 37.0 Å². The number of aromatic nitrogens is 2. The summed E-state index contributed by atoms with van der Waals surface area (Å²) in [6.07, 6.45) is 5.66. The summed E-state index contributed by atoms with van der Waals surface area (Å²) < 4.78 is 10.4. The number of halogens is 1. The van der Waals surface area contributed by atoms with Gasteiger partial charge >= 0.3 is 0 Å². The lowest BCUT2D eigenvalue weighted by Gasteiger charge is -2.26. The van der Waals surface area contributed by atoms with Crippen LogP contribution in [-0.2, 0) is 11.2 Å². The third kappa shape index (κ3) is 6.22. The molecule has 0 radical (unpaired) electrons. The fraction of sp³-hybridized carbons (Fsp3) is 0.526. The molecule has 0 atom stereocenters. The van der Waals surface area contributed by atoms with Crippen LogP contribution in [0, 0.1) is 0 Å². The molecule has 0 unspecified atom stereocenters. The van der Waals surface area contributed by atoms with Gasteiger partial charge in [0.2, 0.25) is 17.6 Å². The molecule has 7 nitrogen and oxygen atoms in total. The van der Waals surface area contributed by atoms with Crippen molar-refractivity contribution < 1.29 is 14.1 Å². The highest BCUT2D eigenvalue weighted by atomic mass is 35.5. The minimum absolute atomic E-state index is 0. The van der Waals surface area contributed by atoms with E-state index in [0.717, 1.165) is 37.0 Å². The highest BCUT2D eigenvalue weighted by molar-refractivity contribution is 5.85. The molecule has 0 aliphatic heterocycles. The summed E-state index contributed by atoms with van der Waals surface area (Å²) in [5.74, 6) is 1.96. The smallest absolute Gasteiger partial charge is 0.226 e. The summed E-state index contributed by atoms with van der Waals surface area (Å²) in [4.78, 5) is 16.4. The van der Waals surface area contributed by atoms with Crippen molar-refractivity contribution in [3.05, 3.63) is 30.2 Å². The number of rotatable bonds is 7. The van der Waals surface area contributed by atoms with Gasteiger partial charge in [-0.05, 0) is 56.4 Å². The van der Waals surface area contributed by atoms with Gasteiger partial charge in [-0.2, -0.15) is 4.98 Å². The van der Waals surface area contributed by atoms with Crippen molar-refractivity contribution in [2.24, 2.45) is 5.73 Å². The van der Waals surface area contributed by atoms with Gasteiger partial charge in [0.1, 0.15) is 5.75 Å². The average molecular weight is 395 g/mol. The number of benzene rings is 1. The van der Waals surface area contributed by atoms with Crippen LogP contribution in [0.25, 0.3) is 11.4 Å². The summed E-state index contributed by atoms with van der Waals surface area (Å²) in [5, 5.41) is 7.10. The molecule has 8 heteroatoms. The van der Waals surface area contributed by atoms with E-state index >= 15 is 0 Å². The molecule has 1 heterocycles. The molecule has 0 bridgehead atoms. The van der Waals surface area contributed by atoms with Crippen LogP contribution >= 0.6 is 12.4 Å². The summed E-state index contributed by atoms with van der Waals surface area (Å²) >= 11 is 0. The molecule has 27 heavy (non-hydrogen) atoms. The van der Waals surface area contributed by atoms with Crippen molar-refractivity contribution in [2.45, 2.75) is 57.0 Å². The second-order valence-corrected chi connectivity index (χ2v) is 6.77. The maximum Gasteiger partial charge on any atom is 0.226 e. The zero-order chi connectivity index (χ0) is 18.4. The topological polar surface area (TPSA) is 103 Å². The summed E-state index contributed by atoms with van der Waals surface area (Å²) in [6.45, 7) is 0. The second-order valence-electron chi connectivity index (χ2n) is 6.77. The Morgan fingerprint density at radius 2 is 1.96 bits per heavy atom. The molecule has 1 fully saturated rings. The molecule has 1 amide bonds. The Morgan fingerprint density at radius 3 is 2.63 bits per heavy atom. The van der Waals surface area contributed by atoms with Gasteiger partial charge in [-0.15, -0.1) is 12.4 Å². The van der Waals surface area contributed by atoms with E-state index in [2.05, 4.69) is 15.5 Å². The van der Waals surface area contributed by atoms with E-state index in [1.54, 1.807) is 7.11 Å². The minimum Gasteiger partial charge on any atom is -0.497 e. The van der Waals surface area contributed by atoms with Gasteiger partial charge < -0.3 is 20.3 Å². The lowest BCUT2D eigenvalue weighted by Crippen LogP contribution is -2.40. The number of hydrogen-bond acceptors (Lipinski definition) is 6. The van der Waals surface area contributed by atoms with Gasteiger partial charge in [0.05, 0.1) is 7.11 Å². The van der Waals surface area contributed by atoms with Crippen molar-refractivity contribution in [2.75, 3.05) is 7.11 Å². The van der Waals surface area contributed by atoms with Crippen LogP contribution in [0.2, 0.25) is 0 Å². The molecule has 1 aromatic carbocycles. The Hall–Kier alpha value is -2.12. The van der Waals surface area contributed by atoms with Crippen LogP contribution < -0.4 is 15.8 Å². The Labute approximate surface area is 165 Å². The van der Waals surface area contributed by atoms with Crippen molar-refractivity contribution in [3.63, 3.8) is 0 Å². The number of nitrogens with two attached hydrogens (primary N) is 1. The highest BCUT2D eigenvalue weighted by Crippen LogP contribution is 2.20. The first-order valence-electron chi connectivity index (χ1n) is 9.16. The number of amides is 1. The van der Waals surface area contributed by atoms with Crippen LogP contribution in [0.15, 0.2) is 28.8 Å². The molecule has 1 saturated carbocycles. The highest BCUT2D eigenvalue weighted by Gasteiger charge is 2.19. The molecule has 2 aromatic rings. The minimum atomic E-state index is 0. The molecule has 0 spiro atoms. The number of carbonyl (C=O) groups is 1. The summed E-state index contributed by atoms with van der Waals surface area (Å²) in [7, 11) is 1.63. The monoisotopic (exact) mass is 394 g/mol. The van der Waals surface area contributed by atoms with Crippen molar-refractivity contribution in [3.8, 4) is 17.1 Å². The lowest BCUT2D eigenvalue weighted by atomic mass is 9.92. The van der Waals surface area contributed by atoms with Crippen molar-refractivity contribution in [1.82, 2.24) is 15.5 Å². The number of nitrogens with zero attached hydrogens (tertiary/aromatic N) is 2. The van der Waals surface area contributed by atoms with Crippen LogP contribution in [0.1, 0.15) is 44.4 Å². The molecule has 3 N–H and O–H groups in total. The normalized spacial score (nSPS) is 19.2. The average Bonchev–Trinajstić information content (AvgIpc) is 3.12. The molecule has 1 aliphatic carbocycles. The second kappa shape index (κ2) is 10.3. The molecule has 1 aliphatic rings. The number of methoxy groups -OCH3 is 1. The zero-order valence-electron chi connectivity index (χ0n) is 15.5. The summed E-state index contributed by atoms with van der Waals surface area (Å²) in [6, 6.07) is 8.04. The molecular formula is C19H27ClN4O3. The van der Waals surface area contributed by atoms with E-state index < -0.39 is 0 Å². The van der Waals surface area contributed by atoms with E-state index in [-0.39, 0.29) is 24.4 Å². The van der Waals surface area contributed by atoms with Crippen molar-refractivity contribution in [1.29, 1.82) is 0 Å². The fourth-order valence-corrected chi connectivity index (χ4v) is 3.18. The molecular weight excluding hydrogens is 368 g/mol. The standard InChI is InChI=1S/C19H26N4O3.ClH/c1-25-16-11-5-13(6-12-16)19-22-18(26-23-19)4-2-3-17(24)21-15-9-7-14(20)8-10-15;/h5-6,11-12,14-15H,2-4,7-10,20H2,1H3,(H,21,24);1H. The molecule has 0 saturated heterocycles. The Kier molecular flexibility index (Phi) is 8.06. The van der Waals surface area contributed by atoms with Crippen LogP contribution in [0.4, 0.5) is 0 Å². The van der Waals surface area contributed by atoms with E-state index in [1.807, 2.05) is 24.3 Å². The number of hydrogen-bond donors (Lipinski definition) is 2. The predicted molar refractivity (Wildman–Crippen MR) is 105 cm³/mol. The first kappa shape index (κ1) is 21.2. The SMILES string of the molecule is COc1ccc(-c2noc(CCCC(=O)NC3CCC(N)CC3)n2)cc1.Cl. The van der Waals surface area contributed by atoms with Gasteiger partial charge in [0.15, 0.2) is 0 Å². The largest absolute Gasteiger partial charge is 0.497 e. The third-order valence-electron chi connectivity index (χ3n) is 4.75. The Balaban J connectivity index is 0.00000261. The van der Waals surface area contributed by atoms with E-state index in [4.69, 9.17) is 15.0 Å². The maximum atomic E-state index is 12.0. The molecule has 148 valence electrons. The van der Waals surface area contributed by atoms with Crippen molar-refractivity contribution >= 4 is 18.3 Å². The molecule has 3 rings (SSSR count). The number of carbonyl (C=O) groups excluding carboxylic acids is 1. The molecule has 1 aromatic heterocycles. The zero-order valence-corrected chi connectivity index (χ0v) is 16.3. The number of nitrogens with one attached hydrogen (secondary N) is 1.